The molecule has 3 rings (SSSR count). The molecule has 4 nitrogen and oxygen atoms in total. The quantitative estimate of drug-likeness (QED) is 0.918. The molecule has 2 aliphatic carbocycles. The molecule has 0 heterocycles. The van der Waals surface area contributed by atoms with Crippen LogP contribution in [0.25, 0.3) is 0 Å². The molecular formula is C16H21NO3. The highest BCUT2D eigenvalue weighted by Crippen LogP contribution is 2.48. The second-order valence-electron chi connectivity index (χ2n) is 5.84. The molecule has 2 saturated carbocycles. The summed E-state index contributed by atoms with van der Waals surface area (Å²) in [6.07, 6.45) is 4.83. The molecule has 108 valence electrons. The number of ether oxygens (including phenoxy) is 2. The van der Waals surface area contributed by atoms with Gasteiger partial charge in [-0.1, -0.05) is 6.42 Å². The first-order valence-corrected chi connectivity index (χ1v) is 7.24. The largest absolute Gasteiger partial charge is 0.493 e. The molecule has 0 spiro atoms. The SMILES string of the molecule is COc1ccc(NC(=O)[C@H]2C[C@H]3CC[C@H]2C3)cc1OC. The van der Waals surface area contributed by atoms with Gasteiger partial charge in [-0.15, -0.1) is 0 Å². The lowest BCUT2D eigenvalue weighted by molar-refractivity contribution is -0.121. The molecule has 2 fully saturated rings. The summed E-state index contributed by atoms with van der Waals surface area (Å²) in [5, 5.41) is 3.02. The van der Waals surface area contributed by atoms with Crippen molar-refractivity contribution in [1.82, 2.24) is 0 Å². The lowest BCUT2D eigenvalue weighted by atomic mass is 9.88. The Hall–Kier alpha value is -1.71. The van der Waals surface area contributed by atoms with E-state index >= 15 is 0 Å². The van der Waals surface area contributed by atoms with Crippen molar-refractivity contribution in [3.8, 4) is 11.5 Å². The van der Waals surface area contributed by atoms with E-state index < -0.39 is 0 Å². The Balaban J connectivity index is 1.70. The van der Waals surface area contributed by atoms with E-state index in [0.717, 1.165) is 18.0 Å². The fourth-order valence-corrected chi connectivity index (χ4v) is 3.71. The third-order valence-corrected chi connectivity index (χ3v) is 4.73. The monoisotopic (exact) mass is 275 g/mol. The van der Waals surface area contributed by atoms with Crippen LogP contribution in [0.4, 0.5) is 5.69 Å². The van der Waals surface area contributed by atoms with Crippen LogP contribution in [0.15, 0.2) is 18.2 Å². The minimum atomic E-state index is 0.157. The fraction of sp³-hybridized carbons (Fsp3) is 0.562. The van der Waals surface area contributed by atoms with Crippen molar-refractivity contribution < 1.29 is 14.3 Å². The molecule has 0 saturated heterocycles. The first-order chi connectivity index (χ1) is 9.71. The Kier molecular flexibility index (Phi) is 3.55. The van der Waals surface area contributed by atoms with Crippen LogP contribution < -0.4 is 14.8 Å². The fourth-order valence-electron chi connectivity index (χ4n) is 3.71. The van der Waals surface area contributed by atoms with E-state index in [-0.39, 0.29) is 11.8 Å². The van der Waals surface area contributed by atoms with Gasteiger partial charge in [-0.05, 0) is 43.2 Å². The van der Waals surface area contributed by atoms with Gasteiger partial charge < -0.3 is 14.8 Å². The van der Waals surface area contributed by atoms with Gasteiger partial charge in [-0.2, -0.15) is 0 Å². The number of benzene rings is 1. The average Bonchev–Trinajstić information content (AvgIpc) is 3.09. The molecular weight excluding hydrogens is 254 g/mol. The van der Waals surface area contributed by atoms with Crippen LogP contribution in [0, 0.1) is 17.8 Å². The first-order valence-electron chi connectivity index (χ1n) is 7.24. The topological polar surface area (TPSA) is 47.6 Å². The summed E-state index contributed by atoms with van der Waals surface area (Å²) >= 11 is 0. The number of carbonyl (C=O) groups excluding carboxylic acids is 1. The zero-order chi connectivity index (χ0) is 14.1. The standard InChI is InChI=1S/C16H21NO3/c1-19-14-6-5-12(9-15(14)20-2)17-16(18)13-8-10-3-4-11(13)7-10/h5-6,9-11,13H,3-4,7-8H2,1-2H3,(H,17,18)/t10-,11-,13-/m0/s1. The number of hydrogen-bond donors (Lipinski definition) is 1. The Bertz CT molecular complexity index is 514. The summed E-state index contributed by atoms with van der Waals surface area (Å²) in [4.78, 5) is 12.4. The number of nitrogens with one attached hydrogen (secondary N) is 1. The highest BCUT2D eigenvalue weighted by atomic mass is 16.5. The highest BCUT2D eigenvalue weighted by molar-refractivity contribution is 5.93. The molecule has 0 radical (unpaired) electrons. The van der Waals surface area contributed by atoms with E-state index in [4.69, 9.17) is 9.47 Å². The number of fused-ring (bicyclic) bond motifs is 2. The van der Waals surface area contributed by atoms with E-state index in [1.165, 1.54) is 19.3 Å². The summed E-state index contributed by atoms with van der Waals surface area (Å²) in [5.41, 5.74) is 0.774. The number of amides is 1. The molecule has 1 N–H and O–H groups in total. The summed E-state index contributed by atoms with van der Waals surface area (Å²) in [5.74, 6) is 3.04. The number of anilines is 1. The summed E-state index contributed by atoms with van der Waals surface area (Å²) in [6.45, 7) is 0. The molecule has 0 unspecified atom stereocenters. The van der Waals surface area contributed by atoms with Crippen molar-refractivity contribution in [2.45, 2.75) is 25.7 Å². The summed E-state index contributed by atoms with van der Waals surface area (Å²) in [7, 11) is 3.20. The van der Waals surface area contributed by atoms with Crippen LogP contribution in [0.3, 0.4) is 0 Å². The van der Waals surface area contributed by atoms with Gasteiger partial charge >= 0.3 is 0 Å². The van der Waals surface area contributed by atoms with E-state index in [1.54, 1.807) is 14.2 Å². The molecule has 3 atom stereocenters. The van der Waals surface area contributed by atoms with Crippen molar-refractivity contribution >= 4 is 11.6 Å². The second-order valence-corrected chi connectivity index (χ2v) is 5.84. The third kappa shape index (κ3) is 2.35. The maximum Gasteiger partial charge on any atom is 0.227 e. The van der Waals surface area contributed by atoms with E-state index in [2.05, 4.69) is 5.32 Å². The van der Waals surface area contributed by atoms with E-state index in [1.807, 2.05) is 18.2 Å². The van der Waals surface area contributed by atoms with E-state index in [0.29, 0.717) is 17.4 Å². The molecule has 1 amide bonds. The van der Waals surface area contributed by atoms with Gasteiger partial charge in [-0.25, -0.2) is 0 Å². The van der Waals surface area contributed by atoms with Crippen molar-refractivity contribution in [3.63, 3.8) is 0 Å². The molecule has 2 bridgehead atoms. The third-order valence-electron chi connectivity index (χ3n) is 4.73. The molecule has 20 heavy (non-hydrogen) atoms. The number of methoxy groups -OCH3 is 2. The zero-order valence-electron chi connectivity index (χ0n) is 12.0. The van der Waals surface area contributed by atoms with Crippen LogP contribution in [0.5, 0.6) is 11.5 Å². The second kappa shape index (κ2) is 5.35. The predicted molar refractivity (Wildman–Crippen MR) is 77.1 cm³/mol. The molecule has 0 aromatic heterocycles. The van der Waals surface area contributed by atoms with Gasteiger partial charge in [0.15, 0.2) is 11.5 Å². The Morgan fingerprint density at radius 3 is 2.55 bits per heavy atom. The summed E-state index contributed by atoms with van der Waals surface area (Å²) < 4.78 is 10.5. The van der Waals surface area contributed by atoms with Crippen molar-refractivity contribution in [1.29, 1.82) is 0 Å². The number of rotatable bonds is 4. The van der Waals surface area contributed by atoms with Gasteiger partial charge in [0.05, 0.1) is 14.2 Å². The van der Waals surface area contributed by atoms with Crippen LogP contribution in [0.1, 0.15) is 25.7 Å². The van der Waals surface area contributed by atoms with Gasteiger partial charge in [0, 0.05) is 17.7 Å². The van der Waals surface area contributed by atoms with Crippen LogP contribution in [0.2, 0.25) is 0 Å². The predicted octanol–water partition coefficient (Wildman–Crippen LogP) is 3.08. The first kappa shape index (κ1) is 13.3. The van der Waals surface area contributed by atoms with Crippen molar-refractivity contribution in [2.24, 2.45) is 17.8 Å². The average molecular weight is 275 g/mol. The molecule has 2 aliphatic rings. The zero-order valence-corrected chi connectivity index (χ0v) is 12.0. The van der Waals surface area contributed by atoms with Crippen molar-refractivity contribution in [3.05, 3.63) is 18.2 Å². The minimum absolute atomic E-state index is 0.157. The maximum absolute atomic E-state index is 12.4. The van der Waals surface area contributed by atoms with Gasteiger partial charge in [0.1, 0.15) is 0 Å². The molecule has 1 aromatic carbocycles. The van der Waals surface area contributed by atoms with Crippen LogP contribution in [-0.2, 0) is 4.79 Å². The van der Waals surface area contributed by atoms with Gasteiger partial charge in [0.2, 0.25) is 5.91 Å². The number of carbonyl (C=O) groups is 1. The smallest absolute Gasteiger partial charge is 0.227 e. The Labute approximate surface area is 119 Å². The van der Waals surface area contributed by atoms with Crippen LogP contribution >= 0.6 is 0 Å². The Morgan fingerprint density at radius 1 is 1.15 bits per heavy atom. The molecule has 1 aromatic rings. The number of hydrogen-bond acceptors (Lipinski definition) is 3. The highest BCUT2D eigenvalue weighted by Gasteiger charge is 2.43. The lowest BCUT2D eigenvalue weighted by Crippen LogP contribution is -2.27. The van der Waals surface area contributed by atoms with E-state index in [9.17, 15) is 4.79 Å². The summed E-state index contributed by atoms with van der Waals surface area (Å²) in [6, 6.07) is 5.48. The lowest BCUT2D eigenvalue weighted by Gasteiger charge is -2.21. The molecule has 4 heteroatoms. The maximum atomic E-state index is 12.4. The van der Waals surface area contributed by atoms with Crippen molar-refractivity contribution in [2.75, 3.05) is 19.5 Å². The van der Waals surface area contributed by atoms with Gasteiger partial charge in [-0.3, -0.25) is 4.79 Å². The molecule has 0 aliphatic heterocycles. The minimum Gasteiger partial charge on any atom is -0.493 e. The normalized spacial score (nSPS) is 27.4. The Morgan fingerprint density at radius 2 is 1.95 bits per heavy atom. The van der Waals surface area contributed by atoms with Crippen LogP contribution in [-0.4, -0.2) is 20.1 Å². The van der Waals surface area contributed by atoms with Gasteiger partial charge in [0.25, 0.3) is 0 Å².